The Labute approximate surface area is 41.8 Å². The third-order valence-corrected chi connectivity index (χ3v) is 0.894. The first kappa shape index (κ1) is 5.03. The molecule has 1 aliphatic rings. The zero-order valence-corrected chi connectivity index (χ0v) is 3.96. The van der Waals surface area contributed by atoms with Gasteiger partial charge in [-0.1, -0.05) is 0 Å². The quantitative estimate of drug-likeness (QED) is 0.480. The zero-order chi connectivity index (χ0) is 5.11. The SMILES string of the molecule is OC[C@@H]1COCO1. The van der Waals surface area contributed by atoms with Crippen LogP contribution < -0.4 is 0 Å². The maximum atomic E-state index is 8.36. The molecule has 1 fully saturated rings. The van der Waals surface area contributed by atoms with Crippen LogP contribution in [0.25, 0.3) is 0 Å². The lowest BCUT2D eigenvalue weighted by Crippen LogP contribution is -2.13. The molecule has 0 spiro atoms. The molecule has 0 radical (unpaired) electrons. The van der Waals surface area contributed by atoms with Crippen LogP contribution in [0.3, 0.4) is 0 Å². The molecular formula is C4H8O3. The van der Waals surface area contributed by atoms with Crippen LogP contribution in [0.15, 0.2) is 0 Å². The summed E-state index contributed by atoms with van der Waals surface area (Å²) >= 11 is 0. The van der Waals surface area contributed by atoms with E-state index in [2.05, 4.69) is 0 Å². The molecule has 0 aromatic carbocycles. The van der Waals surface area contributed by atoms with E-state index < -0.39 is 0 Å². The van der Waals surface area contributed by atoms with Gasteiger partial charge >= 0.3 is 0 Å². The van der Waals surface area contributed by atoms with Crippen LogP contribution >= 0.6 is 0 Å². The van der Waals surface area contributed by atoms with E-state index in [1.54, 1.807) is 0 Å². The molecule has 0 aromatic rings. The van der Waals surface area contributed by atoms with E-state index in [0.717, 1.165) is 0 Å². The fourth-order valence-corrected chi connectivity index (χ4v) is 0.477. The van der Waals surface area contributed by atoms with Crippen molar-refractivity contribution < 1.29 is 14.6 Å². The number of hydrogen-bond acceptors (Lipinski definition) is 3. The molecular weight excluding hydrogens is 96.0 g/mol. The highest BCUT2D eigenvalue weighted by atomic mass is 16.7. The van der Waals surface area contributed by atoms with Gasteiger partial charge in [0, 0.05) is 0 Å². The number of hydrogen-bond donors (Lipinski definition) is 1. The van der Waals surface area contributed by atoms with Gasteiger partial charge in [0.1, 0.15) is 12.9 Å². The van der Waals surface area contributed by atoms with Gasteiger partial charge in [-0.2, -0.15) is 0 Å². The van der Waals surface area contributed by atoms with Gasteiger partial charge < -0.3 is 14.6 Å². The van der Waals surface area contributed by atoms with E-state index in [-0.39, 0.29) is 12.7 Å². The van der Waals surface area contributed by atoms with Gasteiger partial charge in [0.15, 0.2) is 0 Å². The predicted molar refractivity (Wildman–Crippen MR) is 22.8 cm³/mol. The van der Waals surface area contributed by atoms with Crippen molar-refractivity contribution in [1.29, 1.82) is 0 Å². The fourth-order valence-electron chi connectivity index (χ4n) is 0.477. The molecule has 0 aromatic heterocycles. The third-order valence-electron chi connectivity index (χ3n) is 0.894. The van der Waals surface area contributed by atoms with Crippen LogP contribution in [0.2, 0.25) is 0 Å². The fraction of sp³-hybridized carbons (Fsp3) is 1.00. The van der Waals surface area contributed by atoms with Crippen LogP contribution in [0.1, 0.15) is 0 Å². The van der Waals surface area contributed by atoms with Crippen molar-refractivity contribution in [3.05, 3.63) is 0 Å². The summed E-state index contributed by atoms with van der Waals surface area (Å²) in [5.74, 6) is 0. The second-order valence-electron chi connectivity index (χ2n) is 1.46. The molecule has 0 saturated carbocycles. The molecule has 0 unspecified atom stereocenters. The van der Waals surface area contributed by atoms with Crippen molar-refractivity contribution in [3.63, 3.8) is 0 Å². The Morgan fingerprint density at radius 2 is 2.57 bits per heavy atom. The molecule has 0 bridgehead atoms. The van der Waals surface area contributed by atoms with Crippen LogP contribution in [-0.2, 0) is 9.47 Å². The van der Waals surface area contributed by atoms with E-state index >= 15 is 0 Å². The molecule has 0 amide bonds. The summed E-state index contributed by atoms with van der Waals surface area (Å²) in [6.07, 6.45) is -0.0694. The second kappa shape index (κ2) is 2.26. The van der Waals surface area contributed by atoms with Gasteiger partial charge in [-0.25, -0.2) is 0 Å². The summed E-state index contributed by atoms with van der Waals surface area (Å²) in [6.45, 7) is 0.946. The maximum absolute atomic E-state index is 8.36. The molecule has 1 N–H and O–H groups in total. The van der Waals surface area contributed by atoms with E-state index in [1.165, 1.54) is 0 Å². The van der Waals surface area contributed by atoms with Crippen molar-refractivity contribution >= 4 is 0 Å². The summed E-state index contributed by atoms with van der Waals surface area (Å²) in [7, 11) is 0. The highest BCUT2D eigenvalue weighted by Gasteiger charge is 2.13. The Bertz CT molecular complexity index is 48.9. The van der Waals surface area contributed by atoms with Crippen molar-refractivity contribution in [2.75, 3.05) is 20.0 Å². The van der Waals surface area contributed by atoms with Gasteiger partial charge in [0.05, 0.1) is 13.2 Å². The third kappa shape index (κ3) is 1.12. The minimum absolute atomic E-state index is 0.0694. The molecule has 7 heavy (non-hydrogen) atoms. The van der Waals surface area contributed by atoms with Crippen molar-refractivity contribution in [3.8, 4) is 0 Å². The number of aliphatic hydroxyl groups excluding tert-OH is 1. The normalized spacial score (nSPS) is 31.3. The predicted octanol–water partition coefficient (Wildman–Crippen LogP) is -0.648. The first-order valence-electron chi connectivity index (χ1n) is 2.23. The van der Waals surface area contributed by atoms with Gasteiger partial charge in [-0.15, -0.1) is 0 Å². The van der Waals surface area contributed by atoms with E-state index in [1.807, 2.05) is 0 Å². The molecule has 1 heterocycles. The number of rotatable bonds is 1. The highest BCUT2D eigenvalue weighted by Crippen LogP contribution is 1.99. The highest BCUT2D eigenvalue weighted by molar-refractivity contribution is 4.55. The van der Waals surface area contributed by atoms with Crippen molar-refractivity contribution in [1.82, 2.24) is 0 Å². The van der Waals surface area contributed by atoms with Crippen LogP contribution in [-0.4, -0.2) is 31.2 Å². The minimum Gasteiger partial charge on any atom is -0.394 e. The lowest BCUT2D eigenvalue weighted by molar-refractivity contribution is 0.0280. The monoisotopic (exact) mass is 104 g/mol. The summed E-state index contributed by atoms with van der Waals surface area (Å²) in [5, 5.41) is 8.36. The van der Waals surface area contributed by atoms with Gasteiger partial charge in [-0.3, -0.25) is 0 Å². The first-order chi connectivity index (χ1) is 3.43. The maximum Gasteiger partial charge on any atom is 0.147 e. The Balaban J connectivity index is 2.14. The van der Waals surface area contributed by atoms with E-state index in [4.69, 9.17) is 14.6 Å². The average Bonchev–Trinajstić information content (AvgIpc) is 2.14. The summed E-state index contributed by atoms with van der Waals surface area (Å²) in [4.78, 5) is 0. The molecule has 1 aliphatic heterocycles. The molecule has 1 rings (SSSR count). The van der Waals surface area contributed by atoms with Gasteiger partial charge in [0.2, 0.25) is 0 Å². The zero-order valence-electron chi connectivity index (χ0n) is 3.96. The lowest BCUT2D eigenvalue weighted by atomic mass is 10.4. The van der Waals surface area contributed by atoms with Gasteiger partial charge in [-0.05, 0) is 0 Å². The number of ether oxygens (including phenoxy) is 2. The molecule has 1 saturated heterocycles. The molecule has 3 nitrogen and oxygen atoms in total. The van der Waals surface area contributed by atoms with Crippen molar-refractivity contribution in [2.24, 2.45) is 0 Å². The summed E-state index contributed by atoms with van der Waals surface area (Å²) < 4.78 is 9.60. The summed E-state index contributed by atoms with van der Waals surface area (Å²) in [5.41, 5.74) is 0. The van der Waals surface area contributed by atoms with Crippen LogP contribution in [0.5, 0.6) is 0 Å². The Kier molecular flexibility index (Phi) is 1.62. The minimum atomic E-state index is -0.0694. The Morgan fingerprint density at radius 3 is 2.86 bits per heavy atom. The molecule has 3 heteroatoms. The molecule has 1 atom stereocenters. The number of aliphatic hydroxyl groups is 1. The van der Waals surface area contributed by atoms with Gasteiger partial charge in [0.25, 0.3) is 0 Å². The summed E-state index contributed by atoms with van der Waals surface area (Å²) in [6, 6.07) is 0. The second-order valence-corrected chi connectivity index (χ2v) is 1.46. The lowest BCUT2D eigenvalue weighted by Gasteiger charge is -1.97. The molecule has 42 valence electrons. The van der Waals surface area contributed by atoms with Crippen LogP contribution in [0.4, 0.5) is 0 Å². The largest absolute Gasteiger partial charge is 0.394 e. The van der Waals surface area contributed by atoms with E-state index in [9.17, 15) is 0 Å². The van der Waals surface area contributed by atoms with Crippen LogP contribution in [0, 0.1) is 0 Å². The molecule has 0 aliphatic carbocycles. The Hall–Kier alpha value is -0.120. The first-order valence-corrected chi connectivity index (χ1v) is 2.23. The Morgan fingerprint density at radius 1 is 1.71 bits per heavy atom. The smallest absolute Gasteiger partial charge is 0.147 e. The van der Waals surface area contributed by atoms with Crippen molar-refractivity contribution in [2.45, 2.75) is 6.10 Å². The average molecular weight is 104 g/mol. The standard InChI is InChI=1S/C4H8O3/c5-1-4-2-6-3-7-4/h4-5H,1-3H2/t4-/m1/s1. The van der Waals surface area contributed by atoms with E-state index in [0.29, 0.717) is 13.4 Å². The topological polar surface area (TPSA) is 38.7 Å².